The first-order chi connectivity index (χ1) is 9.00. The predicted octanol–water partition coefficient (Wildman–Crippen LogP) is 1.90. The molecular weight excluding hydrogens is 246 g/mol. The van der Waals surface area contributed by atoms with Gasteiger partial charge in [0.2, 0.25) is 5.82 Å². The number of nitro groups is 1. The van der Waals surface area contributed by atoms with E-state index in [9.17, 15) is 15.2 Å². The first-order valence-electron chi connectivity index (χ1n) is 6.53. The van der Waals surface area contributed by atoms with E-state index in [-0.39, 0.29) is 16.5 Å². The molecule has 0 radical (unpaired) electrons. The molecule has 0 amide bonds. The molecule has 0 saturated carbocycles. The van der Waals surface area contributed by atoms with Crippen LogP contribution in [0.1, 0.15) is 25.3 Å². The fourth-order valence-electron chi connectivity index (χ4n) is 2.59. The van der Waals surface area contributed by atoms with E-state index in [4.69, 9.17) is 0 Å². The van der Waals surface area contributed by atoms with Crippen LogP contribution in [0.15, 0.2) is 12.3 Å². The highest BCUT2D eigenvalue weighted by molar-refractivity contribution is 5.61. The maximum Gasteiger partial charge on any atom is 0.314 e. The molecule has 1 aromatic heterocycles. The molecule has 0 aliphatic carbocycles. The molecule has 1 aromatic rings. The minimum Gasteiger partial charge on any atom is -0.393 e. The lowest BCUT2D eigenvalue weighted by Gasteiger charge is -2.34. The number of hydrogen-bond acceptors (Lipinski definition) is 5. The number of piperidine rings is 1. The summed E-state index contributed by atoms with van der Waals surface area (Å²) in [7, 11) is 0. The van der Waals surface area contributed by atoms with E-state index >= 15 is 0 Å². The van der Waals surface area contributed by atoms with Crippen LogP contribution in [0.4, 0.5) is 11.5 Å². The minimum absolute atomic E-state index is 0.0775. The van der Waals surface area contributed by atoms with Crippen LogP contribution in [0.25, 0.3) is 0 Å². The molecule has 2 rings (SSSR count). The van der Waals surface area contributed by atoms with E-state index in [1.54, 1.807) is 26.1 Å². The number of aryl methyl sites for hydroxylation is 1. The molecule has 0 bridgehead atoms. The number of rotatable bonds is 3. The fraction of sp³-hybridized carbons (Fsp3) is 0.615. The van der Waals surface area contributed by atoms with Crippen LogP contribution >= 0.6 is 0 Å². The van der Waals surface area contributed by atoms with E-state index < -0.39 is 6.10 Å². The molecule has 104 valence electrons. The van der Waals surface area contributed by atoms with Crippen LogP contribution in [0, 0.1) is 23.0 Å². The molecule has 2 heterocycles. The number of aliphatic hydroxyl groups excluding tert-OH is 1. The highest BCUT2D eigenvalue weighted by atomic mass is 16.6. The highest BCUT2D eigenvalue weighted by Gasteiger charge is 2.29. The Balaban J connectivity index is 2.31. The van der Waals surface area contributed by atoms with Gasteiger partial charge in [-0.3, -0.25) is 10.1 Å². The Morgan fingerprint density at radius 1 is 1.63 bits per heavy atom. The van der Waals surface area contributed by atoms with E-state index in [2.05, 4.69) is 4.98 Å². The maximum atomic E-state index is 11.2. The number of pyridine rings is 1. The topological polar surface area (TPSA) is 79.5 Å². The molecule has 1 aliphatic rings. The number of aliphatic hydroxyl groups is 1. The van der Waals surface area contributed by atoms with Crippen molar-refractivity contribution in [3.05, 3.63) is 27.9 Å². The first kappa shape index (κ1) is 13.7. The van der Waals surface area contributed by atoms with Crippen molar-refractivity contribution >= 4 is 11.5 Å². The Kier molecular flexibility index (Phi) is 3.99. The third-order valence-electron chi connectivity index (χ3n) is 3.73. The first-order valence-corrected chi connectivity index (χ1v) is 6.53. The van der Waals surface area contributed by atoms with Gasteiger partial charge in [0.15, 0.2) is 0 Å². The summed E-state index contributed by atoms with van der Waals surface area (Å²) >= 11 is 0. The highest BCUT2D eigenvalue weighted by Crippen LogP contribution is 2.32. The number of nitrogens with zero attached hydrogens (tertiary/aromatic N) is 3. The SMILES string of the molecule is Cc1ccnc(N2CCCC(C(C)O)C2)c1[N+](=O)[O-]. The van der Waals surface area contributed by atoms with Gasteiger partial charge in [-0.1, -0.05) is 0 Å². The molecule has 1 fully saturated rings. The number of hydrogen-bond donors (Lipinski definition) is 1. The zero-order valence-electron chi connectivity index (χ0n) is 11.2. The second kappa shape index (κ2) is 5.52. The average molecular weight is 265 g/mol. The van der Waals surface area contributed by atoms with Crippen molar-refractivity contribution < 1.29 is 10.0 Å². The summed E-state index contributed by atoms with van der Waals surface area (Å²) in [6, 6.07) is 1.65. The second-order valence-electron chi connectivity index (χ2n) is 5.15. The molecule has 6 nitrogen and oxygen atoms in total. The summed E-state index contributed by atoms with van der Waals surface area (Å²) < 4.78 is 0. The fourth-order valence-corrected chi connectivity index (χ4v) is 2.59. The molecule has 2 unspecified atom stereocenters. The van der Waals surface area contributed by atoms with Crippen molar-refractivity contribution in [1.82, 2.24) is 4.98 Å². The van der Waals surface area contributed by atoms with Crippen molar-refractivity contribution in [1.29, 1.82) is 0 Å². The number of aromatic nitrogens is 1. The van der Waals surface area contributed by atoms with Gasteiger partial charge in [0.25, 0.3) is 0 Å². The maximum absolute atomic E-state index is 11.2. The van der Waals surface area contributed by atoms with Crippen LogP contribution in [0.3, 0.4) is 0 Å². The smallest absolute Gasteiger partial charge is 0.314 e. The predicted molar refractivity (Wildman–Crippen MR) is 72.2 cm³/mol. The van der Waals surface area contributed by atoms with Gasteiger partial charge in [-0.25, -0.2) is 4.98 Å². The van der Waals surface area contributed by atoms with E-state index in [0.717, 1.165) is 19.4 Å². The summed E-state index contributed by atoms with van der Waals surface area (Å²) in [6.45, 7) is 4.86. The quantitative estimate of drug-likeness (QED) is 0.667. The summed E-state index contributed by atoms with van der Waals surface area (Å²) in [5.41, 5.74) is 0.697. The van der Waals surface area contributed by atoms with Crippen LogP contribution in [0.5, 0.6) is 0 Å². The van der Waals surface area contributed by atoms with Crippen molar-refractivity contribution in [2.45, 2.75) is 32.8 Å². The Morgan fingerprint density at radius 3 is 3.00 bits per heavy atom. The van der Waals surface area contributed by atoms with Gasteiger partial charge in [-0.15, -0.1) is 0 Å². The van der Waals surface area contributed by atoms with Crippen LogP contribution < -0.4 is 4.90 Å². The average Bonchev–Trinajstić information content (AvgIpc) is 2.38. The molecule has 19 heavy (non-hydrogen) atoms. The van der Waals surface area contributed by atoms with Crippen LogP contribution in [0.2, 0.25) is 0 Å². The van der Waals surface area contributed by atoms with Crippen molar-refractivity contribution in [3.63, 3.8) is 0 Å². The monoisotopic (exact) mass is 265 g/mol. The van der Waals surface area contributed by atoms with E-state index in [1.165, 1.54) is 0 Å². The summed E-state index contributed by atoms with van der Waals surface area (Å²) in [5.74, 6) is 0.575. The Labute approximate surface area is 112 Å². The van der Waals surface area contributed by atoms with Crippen LogP contribution in [-0.2, 0) is 0 Å². The van der Waals surface area contributed by atoms with Crippen LogP contribution in [-0.4, -0.2) is 34.2 Å². The molecule has 1 saturated heterocycles. The van der Waals surface area contributed by atoms with E-state index in [1.807, 2.05) is 4.90 Å². The van der Waals surface area contributed by atoms with Gasteiger partial charge in [-0.2, -0.15) is 0 Å². The standard InChI is InChI=1S/C13H19N3O3/c1-9-5-6-14-13(12(9)16(18)19)15-7-3-4-11(8-15)10(2)17/h5-6,10-11,17H,3-4,7-8H2,1-2H3. The normalized spacial score (nSPS) is 21.2. The molecule has 6 heteroatoms. The van der Waals surface area contributed by atoms with Gasteiger partial charge >= 0.3 is 5.69 Å². The van der Waals surface area contributed by atoms with E-state index in [0.29, 0.717) is 17.9 Å². The Hall–Kier alpha value is -1.69. The van der Waals surface area contributed by atoms with Gasteiger partial charge < -0.3 is 10.0 Å². The van der Waals surface area contributed by atoms with Gasteiger partial charge in [0.05, 0.1) is 11.0 Å². The molecule has 0 aromatic carbocycles. The minimum atomic E-state index is -0.397. The Bertz CT molecular complexity index is 476. The summed E-state index contributed by atoms with van der Waals surface area (Å²) in [6.07, 6.45) is 3.08. The second-order valence-corrected chi connectivity index (χ2v) is 5.15. The lowest BCUT2D eigenvalue weighted by atomic mass is 9.93. The van der Waals surface area contributed by atoms with Crippen molar-refractivity contribution in [2.24, 2.45) is 5.92 Å². The summed E-state index contributed by atoms with van der Waals surface area (Å²) in [5, 5.41) is 20.9. The van der Waals surface area contributed by atoms with Gasteiger partial charge in [-0.05, 0) is 32.8 Å². The largest absolute Gasteiger partial charge is 0.393 e. The third-order valence-corrected chi connectivity index (χ3v) is 3.73. The summed E-state index contributed by atoms with van der Waals surface area (Å²) in [4.78, 5) is 16.9. The molecule has 0 spiro atoms. The molecule has 2 atom stereocenters. The van der Waals surface area contributed by atoms with Crippen molar-refractivity contribution in [2.75, 3.05) is 18.0 Å². The molecule has 1 aliphatic heterocycles. The third kappa shape index (κ3) is 2.84. The zero-order valence-corrected chi connectivity index (χ0v) is 11.2. The van der Waals surface area contributed by atoms with Gasteiger partial charge in [0, 0.05) is 30.8 Å². The lowest BCUT2D eigenvalue weighted by molar-refractivity contribution is -0.384. The molecular formula is C13H19N3O3. The van der Waals surface area contributed by atoms with Crippen molar-refractivity contribution in [3.8, 4) is 0 Å². The lowest BCUT2D eigenvalue weighted by Crippen LogP contribution is -2.40. The number of anilines is 1. The van der Waals surface area contributed by atoms with Gasteiger partial charge in [0.1, 0.15) is 0 Å². The Morgan fingerprint density at radius 2 is 2.37 bits per heavy atom. The zero-order chi connectivity index (χ0) is 14.0. The molecule has 1 N–H and O–H groups in total.